The van der Waals surface area contributed by atoms with Crippen molar-refractivity contribution in [2.75, 3.05) is 13.1 Å². The van der Waals surface area contributed by atoms with E-state index in [0.29, 0.717) is 5.56 Å². The van der Waals surface area contributed by atoms with E-state index in [2.05, 4.69) is 10.9 Å². The van der Waals surface area contributed by atoms with Crippen LogP contribution in [0, 0.1) is 12.3 Å². The number of nitrogens with zero attached hydrogens (tertiary/aromatic N) is 1. The van der Waals surface area contributed by atoms with E-state index in [1.165, 1.54) is 0 Å². The highest BCUT2D eigenvalue weighted by Gasteiger charge is 2.19. The zero-order valence-corrected chi connectivity index (χ0v) is 10.1. The van der Waals surface area contributed by atoms with E-state index >= 15 is 0 Å². The number of carboxylic acids is 1. The predicted molar refractivity (Wildman–Crippen MR) is 70.7 cm³/mol. The van der Waals surface area contributed by atoms with Gasteiger partial charge in [0.05, 0.1) is 6.54 Å². The number of amides is 1. The lowest BCUT2D eigenvalue weighted by atomic mass is 10.1. The van der Waals surface area contributed by atoms with E-state index in [1.54, 1.807) is 24.4 Å². The molecule has 19 heavy (non-hydrogen) atoms. The third kappa shape index (κ3) is 2.58. The van der Waals surface area contributed by atoms with Gasteiger partial charge < -0.3 is 15.0 Å². The Morgan fingerprint density at radius 3 is 2.84 bits per heavy atom. The summed E-state index contributed by atoms with van der Waals surface area (Å²) in [7, 11) is 0. The van der Waals surface area contributed by atoms with E-state index < -0.39 is 12.5 Å². The maximum atomic E-state index is 12.3. The first-order valence-electron chi connectivity index (χ1n) is 5.64. The van der Waals surface area contributed by atoms with Crippen LogP contribution >= 0.6 is 0 Å². The van der Waals surface area contributed by atoms with Gasteiger partial charge in [-0.3, -0.25) is 9.59 Å². The zero-order chi connectivity index (χ0) is 13.8. The molecule has 0 spiro atoms. The second-order valence-electron chi connectivity index (χ2n) is 4.00. The minimum Gasteiger partial charge on any atom is -0.480 e. The average Bonchev–Trinajstić information content (AvgIpc) is 2.85. The van der Waals surface area contributed by atoms with Crippen LogP contribution in [0.3, 0.4) is 0 Å². The Bertz CT molecular complexity index is 667. The highest BCUT2D eigenvalue weighted by atomic mass is 16.4. The molecule has 2 N–H and O–H groups in total. The number of carboxylic acid groups (broad SMARTS) is 1. The van der Waals surface area contributed by atoms with E-state index in [4.69, 9.17) is 11.5 Å². The molecule has 0 aliphatic rings. The van der Waals surface area contributed by atoms with Gasteiger partial charge in [0.25, 0.3) is 5.91 Å². The fourth-order valence-electron chi connectivity index (χ4n) is 1.92. The quantitative estimate of drug-likeness (QED) is 0.810. The summed E-state index contributed by atoms with van der Waals surface area (Å²) >= 11 is 0. The van der Waals surface area contributed by atoms with Crippen LogP contribution in [0.2, 0.25) is 0 Å². The molecule has 0 unspecified atom stereocenters. The van der Waals surface area contributed by atoms with Gasteiger partial charge in [-0.1, -0.05) is 12.0 Å². The molecule has 0 atom stereocenters. The number of aliphatic carboxylic acids is 1. The van der Waals surface area contributed by atoms with Crippen LogP contribution in [0.1, 0.15) is 10.4 Å². The lowest BCUT2D eigenvalue weighted by Crippen LogP contribution is -2.36. The van der Waals surface area contributed by atoms with Gasteiger partial charge in [0.1, 0.15) is 6.54 Å². The highest BCUT2D eigenvalue weighted by Crippen LogP contribution is 2.18. The number of terminal acetylenes is 1. The Labute approximate surface area is 109 Å². The molecular weight excluding hydrogens is 244 g/mol. The summed E-state index contributed by atoms with van der Waals surface area (Å²) in [5, 5.41) is 9.56. The molecule has 5 heteroatoms. The number of carbonyl (C=O) groups excluding carboxylic acids is 1. The molecule has 96 valence electrons. The summed E-state index contributed by atoms with van der Waals surface area (Å²) in [6, 6.07) is 7.01. The monoisotopic (exact) mass is 256 g/mol. The van der Waals surface area contributed by atoms with Crippen molar-refractivity contribution in [3.63, 3.8) is 0 Å². The van der Waals surface area contributed by atoms with Crippen molar-refractivity contribution in [3.8, 4) is 12.3 Å². The van der Waals surface area contributed by atoms with Gasteiger partial charge in [0.15, 0.2) is 0 Å². The number of hydrogen-bond donors (Lipinski definition) is 2. The Hall–Kier alpha value is -2.74. The van der Waals surface area contributed by atoms with Crippen molar-refractivity contribution >= 4 is 22.8 Å². The average molecular weight is 256 g/mol. The summed E-state index contributed by atoms with van der Waals surface area (Å²) in [4.78, 5) is 27.2. The minimum atomic E-state index is -1.09. The smallest absolute Gasteiger partial charge is 0.323 e. The van der Waals surface area contributed by atoms with Crippen LogP contribution in [-0.4, -0.2) is 40.0 Å². The molecule has 1 aromatic carbocycles. The van der Waals surface area contributed by atoms with Gasteiger partial charge in [-0.15, -0.1) is 6.42 Å². The van der Waals surface area contributed by atoms with Gasteiger partial charge in [0.2, 0.25) is 0 Å². The SMILES string of the molecule is C#CCN(CC(=O)O)C(=O)c1cccc2[nH]ccc12. The molecular formula is C14H12N2O3. The highest BCUT2D eigenvalue weighted by molar-refractivity contribution is 6.07. The normalized spacial score (nSPS) is 10.1. The molecule has 0 aliphatic heterocycles. The number of aromatic nitrogens is 1. The Kier molecular flexibility index (Phi) is 3.53. The molecule has 1 heterocycles. The van der Waals surface area contributed by atoms with Crippen LogP contribution in [0.4, 0.5) is 0 Å². The summed E-state index contributed by atoms with van der Waals surface area (Å²) in [5.74, 6) is 0.823. The molecule has 0 aliphatic carbocycles. The number of aromatic amines is 1. The zero-order valence-electron chi connectivity index (χ0n) is 10.1. The van der Waals surface area contributed by atoms with Crippen LogP contribution in [0.5, 0.6) is 0 Å². The molecule has 2 rings (SSSR count). The lowest BCUT2D eigenvalue weighted by molar-refractivity contribution is -0.137. The second kappa shape index (κ2) is 5.27. The molecule has 1 aromatic heterocycles. The molecule has 0 saturated heterocycles. The lowest BCUT2D eigenvalue weighted by Gasteiger charge is -2.18. The van der Waals surface area contributed by atoms with Crippen molar-refractivity contribution < 1.29 is 14.7 Å². The van der Waals surface area contributed by atoms with Crippen molar-refractivity contribution in [2.24, 2.45) is 0 Å². The third-order valence-corrected chi connectivity index (χ3v) is 2.72. The minimum absolute atomic E-state index is 0.0358. The van der Waals surface area contributed by atoms with E-state index in [1.807, 2.05) is 6.07 Å². The van der Waals surface area contributed by atoms with E-state index in [0.717, 1.165) is 15.8 Å². The predicted octanol–water partition coefficient (Wildman–Crippen LogP) is 1.33. The van der Waals surface area contributed by atoms with E-state index in [9.17, 15) is 9.59 Å². The van der Waals surface area contributed by atoms with Crippen LogP contribution in [0.15, 0.2) is 30.5 Å². The Morgan fingerprint density at radius 2 is 2.16 bits per heavy atom. The molecule has 5 nitrogen and oxygen atoms in total. The first kappa shape index (κ1) is 12.7. The number of H-pyrrole nitrogens is 1. The van der Waals surface area contributed by atoms with Gasteiger partial charge in [-0.25, -0.2) is 0 Å². The van der Waals surface area contributed by atoms with Crippen LogP contribution < -0.4 is 0 Å². The largest absolute Gasteiger partial charge is 0.480 e. The maximum Gasteiger partial charge on any atom is 0.323 e. The first-order valence-corrected chi connectivity index (χ1v) is 5.64. The number of nitrogens with one attached hydrogen (secondary N) is 1. The molecule has 0 fully saturated rings. The van der Waals surface area contributed by atoms with Gasteiger partial charge in [-0.2, -0.15) is 0 Å². The number of rotatable bonds is 4. The molecule has 0 saturated carbocycles. The molecule has 1 amide bonds. The number of benzene rings is 1. The van der Waals surface area contributed by atoms with Crippen LogP contribution in [-0.2, 0) is 4.79 Å². The Balaban J connectivity index is 2.38. The summed E-state index contributed by atoms with van der Waals surface area (Å²) in [6.45, 7) is -0.449. The van der Waals surface area contributed by atoms with Gasteiger partial charge in [0, 0.05) is 22.7 Å². The molecule has 2 aromatic rings. The third-order valence-electron chi connectivity index (χ3n) is 2.72. The van der Waals surface area contributed by atoms with Crippen molar-refractivity contribution in [1.29, 1.82) is 0 Å². The first-order chi connectivity index (χ1) is 9.13. The standard InChI is InChI=1S/C14H12N2O3/c1-2-8-16(9-13(17)18)14(19)11-4-3-5-12-10(11)6-7-15-12/h1,3-7,15H,8-9H2,(H,17,18). The second-order valence-corrected chi connectivity index (χ2v) is 4.00. The summed E-state index contributed by atoms with van der Waals surface area (Å²) < 4.78 is 0. The number of carbonyl (C=O) groups is 2. The summed E-state index contributed by atoms with van der Waals surface area (Å²) in [6.07, 6.45) is 6.90. The van der Waals surface area contributed by atoms with E-state index in [-0.39, 0.29) is 12.5 Å². The number of hydrogen-bond acceptors (Lipinski definition) is 2. The molecule has 0 radical (unpaired) electrons. The van der Waals surface area contributed by atoms with Crippen molar-refractivity contribution in [1.82, 2.24) is 9.88 Å². The van der Waals surface area contributed by atoms with Crippen LogP contribution in [0.25, 0.3) is 10.9 Å². The van der Waals surface area contributed by atoms with Crippen molar-refractivity contribution in [3.05, 3.63) is 36.0 Å². The fourth-order valence-corrected chi connectivity index (χ4v) is 1.92. The molecule has 0 bridgehead atoms. The van der Waals surface area contributed by atoms with Gasteiger partial charge in [-0.05, 0) is 18.2 Å². The topological polar surface area (TPSA) is 73.4 Å². The summed E-state index contributed by atoms with van der Waals surface area (Å²) in [5.41, 5.74) is 1.26. The van der Waals surface area contributed by atoms with Crippen molar-refractivity contribution in [2.45, 2.75) is 0 Å². The number of fused-ring (bicyclic) bond motifs is 1. The van der Waals surface area contributed by atoms with Gasteiger partial charge >= 0.3 is 5.97 Å². The maximum absolute atomic E-state index is 12.3. The Morgan fingerprint density at radius 1 is 1.37 bits per heavy atom. The fraction of sp³-hybridized carbons (Fsp3) is 0.143.